The molecule has 0 aliphatic carbocycles. The predicted octanol–water partition coefficient (Wildman–Crippen LogP) is 4.46. The molecule has 0 aliphatic rings. The van der Waals surface area contributed by atoms with E-state index in [0.717, 1.165) is 29.4 Å². The van der Waals surface area contributed by atoms with Crippen molar-refractivity contribution < 1.29 is 9.47 Å². The number of benzene rings is 2. The van der Waals surface area contributed by atoms with E-state index in [-0.39, 0.29) is 0 Å². The molecule has 0 atom stereocenters. The first-order valence-corrected chi connectivity index (χ1v) is 8.36. The van der Waals surface area contributed by atoms with Gasteiger partial charge in [-0.3, -0.25) is 0 Å². The van der Waals surface area contributed by atoms with Crippen molar-refractivity contribution in [3.8, 4) is 11.5 Å². The van der Waals surface area contributed by atoms with Crippen LogP contribution in [0.15, 0.2) is 72.9 Å². The molecule has 0 radical (unpaired) electrons. The van der Waals surface area contributed by atoms with E-state index in [2.05, 4.69) is 10.3 Å². The fourth-order valence-corrected chi connectivity index (χ4v) is 2.39. The molecule has 4 nitrogen and oxygen atoms in total. The minimum absolute atomic E-state index is 0.514. The lowest BCUT2D eigenvalue weighted by atomic mass is 10.2. The summed E-state index contributed by atoms with van der Waals surface area (Å²) in [6.07, 6.45) is 1.78. The van der Waals surface area contributed by atoms with E-state index in [1.165, 1.54) is 5.56 Å². The minimum atomic E-state index is 0.514. The van der Waals surface area contributed by atoms with Crippen LogP contribution in [0.3, 0.4) is 0 Å². The second-order valence-corrected chi connectivity index (χ2v) is 5.67. The lowest BCUT2D eigenvalue weighted by Gasteiger charge is -2.11. The first-order chi connectivity index (χ1) is 12.3. The fourth-order valence-electron chi connectivity index (χ4n) is 2.39. The number of anilines is 1. The van der Waals surface area contributed by atoms with Crippen LogP contribution < -0.4 is 14.8 Å². The number of aromatic nitrogens is 1. The van der Waals surface area contributed by atoms with E-state index in [1.807, 2.05) is 73.7 Å². The minimum Gasteiger partial charge on any atom is -0.490 e. The molecule has 1 heterocycles. The highest BCUT2D eigenvalue weighted by Crippen LogP contribution is 2.17. The lowest BCUT2D eigenvalue weighted by molar-refractivity contribution is 0.216. The Hall–Kier alpha value is -3.01. The molecule has 0 fully saturated rings. The highest BCUT2D eigenvalue weighted by atomic mass is 16.5. The van der Waals surface area contributed by atoms with Crippen LogP contribution in [-0.4, -0.2) is 18.2 Å². The van der Waals surface area contributed by atoms with Crippen LogP contribution >= 0.6 is 0 Å². The van der Waals surface area contributed by atoms with Gasteiger partial charge in [0, 0.05) is 12.7 Å². The smallest absolute Gasteiger partial charge is 0.126 e. The second-order valence-electron chi connectivity index (χ2n) is 5.67. The van der Waals surface area contributed by atoms with E-state index >= 15 is 0 Å². The van der Waals surface area contributed by atoms with Gasteiger partial charge in [0.25, 0.3) is 0 Å². The highest BCUT2D eigenvalue weighted by Gasteiger charge is 1.99. The third-order valence-corrected chi connectivity index (χ3v) is 3.77. The number of rotatable bonds is 8. The molecule has 0 aliphatic heterocycles. The Labute approximate surface area is 148 Å². The molecule has 128 valence electrons. The number of para-hydroxylation sites is 1. The van der Waals surface area contributed by atoms with Gasteiger partial charge < -0.3 is 14.8 Å². The van der Waals surface area contributed by atoms with E-state index in [0.29, 0.717) is 13.2 Å². The molecule has 2 aromatic carbocycles. The maximum atomic E-state index is 5.73. The van der Waals surface area contributed by atoms with Gasteiger partial charge in [0.15, 0.2) is 0 Å². The summed E-state index contributed by atoms with van der Waals surface area (Å²) in [7, 11) is 0. The standard InChI is InChI=1S/C21H22N2O2/c1-17-6-2-3-7-20(17)25-15-14-24-19-11-9-18(10-12-19)16-23-21-8-4-5-13-22-21/h2-13H,14-16H2,1H3,(H,22,23). The van der Waals surface area contributed by atoms with E-state index in [9.17, 15) is 0 Å². The molecule has 0 amide bonds. The summed E-state index contributed by atoms with van der Waals surface area (Å²) in [5.74, 6) is 2.62. The number of hydrogen-bond acceptors (Lipinski definition) is 4. The van der Waals surface area contributed by atoms with Crippen molar-refractivity contribution in [2.45, 2.75) is 13.5 Å². The van der Waals surface area contributed by atoms with Gasteiger partial charge in [0.05, 0.1) is 0 Å². The maximum Gasteiger partial charge on any atom is 0.126 e. The molecule has 0 saturated heterocycles. The number of pyridine rings is 1. The first kappa shape index (κ1) is 16.8. The Kier molecular flexibility index (Phi) is 5.88. The van der Waals surface area contributed by atoms with E-state index < -0.39 is 0 Å². The van der Waals surface area contributed by atoms with Crippen molar-refractivity contribution in [1.82, 2.24) is 4.98 Å². The lowest BCUT2D eigenvalue weighted by Crippen LogP contribution is -2.09. The Morgan fingerprint density at radius 2 is 1.60 bits per heavy atom. The topological polar surface area (TPSA) is 43.4 Å². The molecule has 0 spiro atoms. The quantitative estimate of drug-likeness (QED) is 0.618. The number of hydrogen-bond donors (Lipinski definition) is 1. The Balaban J connectivity index is 1.41. The van der Waals surface area contributed by atoms with Crippen LogP contribution in [0.5, 0.6) is 11.5 Å². The summed E-state index contributed by atoms with van der Waals surface area (Å²) in [4.78, 5) is 4.24. The molecule has 3 rings (SSSR count). The number of aryl methyl sites for hydroxylation is 1. The molecule has 0 unspecified atom stereocenters. The van der Waals surface area contributed by atoms with Crippen LogP contribution in [0.25, 0.3) is 0 Å². The molecule has 1 N–H and O–H groups in total. The Bertz CT molecular complexity index is 773. The summed E-state index contributed by atoms with van der Waals surface area (Å²) < 4.78 is 11.5. The normalized spacial score (nSPS) is 10.3. The zero-order valence-corrected chi connectivity index (χ0v) is 14.3. The Morgan fingerprint density at radius 1 is 0.840 bits per heavy atom. The van der Waals surface area contributed by atoms with Crippen molar-refractivity contribution in [2.24, 2.45) is 0 Å². The van der Waals surface area contributed by atoms with Gasteiger partial charge in [-0.1, -0.05) is 36.4 Å². The zero-order chi connectivity index (χ0) is 17.3. The predicted molar refractivity (Wildman–Crippen MR) is 100 cm³/mol. The summed E-state index contributed by atoms with van der Waals surface area (Å²) in [5.41, 5.74) is 2.31. The summed E-state index contributed by atoms with van der Waals surface area (Å²) in [6, 6.07) is 21.8. The first-order valence-electron chi connectivity index (χ1n) is 8.36. The molecule has 25 heavy (non-hydrogen) atoms. The maximum absolute atomic E-state index is 5.73. The number of nitrogens with one attached hydrogen (secondary N) is 1. The van der Waals surface area contributed by atoms with Crippen molar-refractivity contribution in [2.75, 3.05) is 18.5 Å². The van der Waals surface area contributed by atoms with Crippen molar-refractivity contribution in [1.29, 1.82) is 0 Å². The molecule has 3 aromatic rings. The van der Waals surface area contributed by atoms with Crippen molar-refractivity contribution >= 4 is 5.82 Å². The van der Waals surface area contributed by atoms with Crippen molar-refractivity contribution in [3.63, 3.8) is 0 Å². The summed E-state index contributed by atoms with van der Waals surface area (Å²) in [5, 5.41) is 3.28. The van der Waals surface area contributed by atoms with Crippen LogP contribution in [0.1, 0.15) is 11.1 Å². The van der Waals surface area contributed by atoms with Gasteiger partial charge in [-0.05, 0) is 48.4 Å². The van der Waals surface area contributed by atoms with Gasteiger partial charge >= 0.3 is 0 Å². The molecule has 4 heteroatoms. The van der Waals surface area contributed by atoms with Crippen molar-refractivity contribution in [3.05, 3.63) is 84.1 Å². The molecule has 0 bridgehead atoms. The largest absolute Gasteiger partial charge is 0.490 e. The number of nitrogens with zero attached hydrogens (tertiary/aromatic N) is 1. The van der Waals surface area contributed by atoms with Crippen LogP contribution in [-0.2, 0) is 6.54 Å². The van der Waals surface area contributed by atoms with Crippen LogP contribution in [0.4, 0.5) is 5.82 Å². The van der Waals surface area contributed by atoms with Crippen LogP contribution in [0.2, 0.25) is 0 Å². The summed E-state index contributed by atoms with van der Waals surface area (Å²) >= 11 is 0. The molecule has 0 saturated carbocycles. The highest BCUT2D eigenvalue weighted by molar-refractivity contribution is 5.36. The van der Waals surface area contributed by atoms with Gasteiger partial charge in [-0.25, -0.2) is 4.98 Å². The van der Waals surface area contributed by atoms with Gasteiger partial charge in [0.2, 0.25) is 0 Å². The monoisotopic (exact) mass is 334 g/mol. The average Bonchev–Trinajstić information content (AvgIpc) is 2.67. The van der Waals surface area contributed by atoms with E-state index in [4.69, 9.17) is 9.47 Å². The fraction of sp³-hybridized carbons (Fsp3) is 0.190. The van der Waals surface area contributed by atoms with Gasteiger partial charge in [-0.15, -0.1) is 0 Å². The third-order valence-electron chi connectivity index (χ3n) is 3.77. The Morgan fingerprint density at radius 3 is 2.36 bits per heavy atom. The molecule has 1 aromatic heterocycles. The van der Waals surface area contributed by atoms with Gasteiger partial charge in [0.1, 0.15) is 30.5 Å². The molecular weight excluding hydrogens is 312 g/mol. The number of ether oxygens (including phenoxy) is 2. The molecular formula is C21H22N2O2. The van der Waals surface area contributed by atoms with Gasteiger partial charge in [-0.2, -0.15) is 0 Å². The SMILES string of the molecule is Cc1ccccc1OCCOc1ccc(CNc2ccccn2)cc1. The second kappa shape index (κ2) is 8.73. The summed E-state index contributed by atoms with van der Waals surface area (Å²) in [6.45, 7) is 3.80. The average molecular weight is 334 g/mol. The third kappa shape index (κ3) is 5.24. The zero-order valence-electron chi connectivity index (χ0n) is 14.3. The van der Waals surface area contributed by atoms with E-state index in [1.54, 1.807) is 6.20 Å². The van der Waals surface area contributed by atoms with Crippen LogP contribution in [0, 0.1) is 6.92 Å².